The maximum absolute atomic E-state index is 14.3. The Morgan fingerprint density at radius 3 is 2.00 bits per heavy atom. The predicted octanol–water partition coefficient (Wildman–Crippen LogP) is 5.94. The molecule has 1 atom stereocenters. The Hall–Kier alpha value is -3.06. The Bertz CT molecular complexity index is 1030. The molecule has 0 bridgehead atoms. The molecule has 0 saturated heterocycles. The van der Waals surface area contributed by atoms with E-state index in [-0.39, 0.29) is 35.8 Å². The highest BCUT2D eigenvalue weighted by Crippen LogP contribution is 2.31. The highest BCUT2D eigenvalue weighted by molar-refractivity contribution is 5.65. The lowest BCUT2D eigenvalue weighted by Crippen LogP contribution is -2.03. The molecule has 0 amide bonds. The lowest BCUT2D eigenvalue weighted by Gasteiger charge is -2.12. The van der Waals surface area contributed by atoms with Crippen molar-refractivity contribution in [2.24, 2.45) is 0 Å². The first-order valence-corrected chi connectivity index (χ1v) is 9.32. The molecule has 30 heavy (non-hydrogen) atoms. The number of benzene rings is 3. The van der Waals surface area contributed by atoms with Crippen LogP contribution in [0.1, 0.15) is 31.1 Å². The zero-order chi connectivity index (χ0) is 21.8. The summed E-state index contributed by atoms with van der Waals surface area (Å²) in [7, 11) is 0. The highest BCUT2D eigenvalue weighted by Gasteiger charge is 2.18. The highest BCUT2D eigenvalue weighted by atomic mass is 19.2. The lowest BCUT2D eigenvalue weighted by atomic mass is 10.0. The minimum absolute atomic E-state index is 0.0647. The van der Waals surface area contributed by atoms with Gasteiger partial charge in [0.2, 0.25) is 11.6 Å². The van der Waals surface area contributed by atoms with E-state index in [1.165, 1.54) is 31.2 Å². The molecule has 0 aliphatic heterocycles. The molecule has 3 nitrogen and oxygen atoms in total. The van der Waals surface area contributed by atoms with Crippen molar-refractivity contribution >= 4 is 0 Å². The van der Waals surface area contributed by atoms with Crippen molar-refractivity contribution in [1.82, 2.24) is 0 Å². The largest absolute Gasteiger partial charge is 0.491 e. The second-order valence-corrected chi connectivity index (χ2v) is 6.61. The van der Waals surface area contributed by atoms with Crippen LogP contribution in [0.15, 0.2) is 48.5 Å². The van der Waals surface area contributed by atoms with Crippen molar-refractivity contribution in [3.63, 3.8) is 0 Å². The van der Waals surface area contributed by atoms with Gasteiger partial charge in [0, 0.05) is 11.1 Å². The van der Waals surface area contributed by atoms with Crippen LogP contribution in [0.5, 0.6) is 11.5 Å². The molecule has 7 heteroatoms. The molecule has 0 radical (unpaired) electrons. The average molecular weight is 420 g/mol. The fourth-order valence-electron chi connectivity index (χ4n) is 2.94. The number of ether oxygens (including phenoxy) is 2. The zero-order valence-electron chi connectivity index (χ0n) is 16.4. The Labute approximate surface area is 171 Å². The quantitative estimate of drug-likeness (QED) is 0.481. The van der Waals surface area contributed by atoms with Gasteiger partial charge in [-0.05, 0) is 49.2 Å². The van der Waals surface area contributed by atoms with Gasteiger partial charge in [0.25, 0.3) is 0 Å². The fraction of sp³-hybridized carbons (Fsp3) is 0.217. The van der Waals surface area contributed by atoms with E-state index in [1.54, 1.807) is 31.2 Å². The molecule has 1 N–H and O–H groups in total. The van der Waals surface area contributed by atoms with Gasteiger partial charge < -0.3 is 14.6 Å². The third-order valence-corrected chi connectivity index (χ3v) is 4.53. The van der Waals surface area contributed by atoms with Crippen molar-refractivity contribution in [2.45, 2.75) is 26.6 Å². The topological polar surface area (TPSA) is 38.7 Å². The zero-order valence-corrected chi connectivity index (χ0v) is 16.4. The molecule has 0 aliphatic rings. The second kappa shape index (κ2) is 9.17. The number of hydrogen-bond donors (Lipinski definition) is 1. The van der Waals surface area contributed by atoms with Crippen LogP contribution in [0.4, 0.5) is 17.6 Å². The van der Waals surface area contributed by atoms with Gasteiger partial charge in [-0.15, -0.1) is 0 Å². The van der Waals surface area contributed by atoms with Gasteiger partial charge in [-0.2, -0.15) is 8.78 Å². The summed E-state index contributed by atoms with van der Waals surface area (Å²) in [6, 6.07) is 11.7. The van der Waals surface area contributed by atoms with Crippen LogP contribution < -0.4 is 9.47 Å². The third kappa shape index (κ3) is 4.41. The van der Waals surface area contributed by atoms with Crippen LogP contribution in [0, 0.1) is 23.3 Å². The molecule has 0 aromatic heterocycles. The van der Waals surface area contributed by atoms with E-state index in [4.69, 9.17) is 9.47 Å². The minimum Gasteiger partial charge on any atom is -0.491 e. The van der Waals surface area contributed by atoms with E-state index >= 15 is 0 Å². The maximum atomic E-state index is 14.3. The van der Waals surface area contributed by atoms with E-state index in [9.17, 15) is 22.7 Å². The van der Waals surface area contributed by atoms with Gasteiger partial charge in [0.15, 0.2) is 23.1 Å². The summed E-state index contributed by atoms with van der Waals surface area (Å²) >= 11 is 0. The molecule has 3 aromatic carbocycles. The van der Waals surface area contributed by atoms with Gasteiger partial charge in [-0.25, -0.2) is 8.78 Å². The Morgan fingerprint density at radius 1 is 0.767 bits per heavy atom. The van der Waals surface area contributed by atoms with Crippen molar-refractivity contribution in [2.75, 3.05) is 6.61 Å². The smallest absolute Gasteiger partial charge is 0.201 e. The number of rotatable bonds is 7. The molecule has 0 spiro atoms. The van der Waals surface area contributed by atoms with Crippen LogP contribution in [0.25, 0.3) is 11.1 Å². The number of aliphatic hydroxyl groups is 1. The summed E-state index contributed by atoms with van der Waals surface area (Å²) in [6.07, 6.45) is -1.14. The summed E-state index contributed by atoms with van der Waals surface area (Å²) < 4.78 is 66.8. The van der Waals surface area contributed by atoms with Crippen molar-refractivity contribution in [3.8, 4) is 22.6 Å². The first kappa shape index (κ1) is 21.6. The first-order chi connectivity index (χ1) is 14.3. The van der Waals surface area contributed by atoms with Crippen LogP contribution in [0.3, 0.4) is 0 Å². The van der Waals surface area contributed by atoms with E-state index in [0.717, 1.165) is 0 Å². The number of hydrogen-bond acceptors (Lipinski definition) is 3. The van der Waals surface area contributed by atoms with Gasteiger partial charge in [-0.3, -0.25) is 0 Å². The normalized spacial score (nSPS) is 12.0. The van der Waals surface area contributed by atoms with Crippen LogP contribution in [-0.4, -0.2) is 11.7 Å². The molecule has 3 rings (SSSR count). The lowest BCUT2D eigenvalue weighted by molar-refractivity contribution is 0.191. The molecule has 0 heterocycles. The molecule has 158 valence electrons. The van der Waals surface area contributed by atoms with Crippen molar-refractivity contribution in [3.05, 3.63) is 82.9 Å². The van der Waals surface area contributed by atoms with Gasteiger partial charge in [-0.1, -0.05) is 24.3 Å². The summed E-state index contributed by atoms with van der Waals surface area (Å²) in [6.45, 7) is 3.16. The molecule has 3 aromatic rings. The Morgan fingerprint density at radius 2 is 1.37 bits per heavy atom. The maximum Gasteiger partial charge on any atom is 0.201 e. The third-order valence-electron chi connectivity index (χ3n) is 4.53. The number of halogens is 4. The van der Waals surface area contributed by atoms with Crippen molar-refractivity contribution < 1.29 is 32.1 Å². The van der Waals surface area contributed by atoms with Crippen LogP contribution >= 0.6 is 0 Å². The summed E-state index contributed by atoms with van der Waals surface area (Å²) in [5.41, 5.74) is 0.973. The molecule has 0 fully saturated rings. The average Bonchev–Trinajstić information content (AvgIpc) is 2.73. The number of aliphatic hydroxyl groups excluding tert-OH is 1. The summed E-state index contributed by atoms with van der Waals surface area (Å²) in [5.74, 6) is -4.86. The monoisotopic (exact) mass is 420 g/mol. The summed E-state index contributed by atoms with van der Waals surface area (Å²) in [5, 5.41) is 9.42. The Kier molecular flexibility index (Phi) is 6.62. The van der Waals surface area contributed by atoms with Crippen LogP contribution in [0.2, 0.25) is 0 Å². The molecule has 0 saturated carbocycles. The van der Waals surface area contributed by atoms with Crippen LogP contribution in [-0.2, 0) is 6.61 Å². The Balaban J connectivity index is 1.75. The van der Waals surface area contributed by atoms with Crippen molar-refractivity contribution in [1.29, 1.82) is 0 Å². The molecule has 0 aliphatic carbocycles. The molecular formula is C23H20F4O3. The van der Waals surface area contributed by atoms with E-state index < -0.39 is 29.4 Å². The summed E-state index contributed by atoms with van der Waals surface area (Å²) in [4.78, 5) is 0. The first-order valence-electron chi connectivity index (χ1n) is 9.32. The van der Waals surface area contributed by atoms with E-state index in [2.05, 4.69) is 0 Å². The molecule has 1 unspecified atom stereocenters. The fourth-order valence-corrected chi connectivity index (χ4v) is 2.94. The second-order valence-electron chi connectivity index (χ2n) is 6.61. The minimum atomic E-state index is -1.18. The SMILES string of the molecule is CCOc1ccc(-c2ccc(COc3ccc(C(C)O)c(F)c3F)cc2)c(F)c1F. The molecular weight excluding hydrogens is 400 g/mol. The van der Waals surface area contributed by atoms with Gasteiger partial charge >= 0.3 is 0 Å². The predicted molar refractivity (Wildman–Crippen MR) is 104 cm³/mol. The van der Waals surface area contributed by atoms with Gasteiger partial charge in [0.05, 0.1) is 12.7 Å². The van der Waals surface area contributed by atoms with E-state index in [1.807, 2.05) is 0 Å². The van der Waals surface area contributed by atoms with Gasteiger partial charge in [0.1, 0.15) is 6.61 Å². The van der Waals surface area contributed by atoms with E-state index in [0.29, 0.717) is 11.1 Å². The standard InChI is InChI=1S/C23H20F4O3/c1-3-29-18-11-9-17(21(25)22(18)26)15-6-4-14(5-7-15)12-30-19-10-8-16(13(2)28)20(24)23(19)27/h4-11,13,28H,3,12H2,1-2H3.